The standard InChI is InChI=1S/C10H19NO2S2/c1-13-10-5-11(4-9(10)12)8-6-14-2-3-15-7-8/h8-10,12H,2-7H2,1H3/t9-,10-/m0/s1. The highest BCUT2D eigenvalue weighted by Crippen LogP contribution is 2.24. The fraction of sp³-hybridized carbons (Fsp3) is 1.00. The first kappa shape index (κ1) is 12.0. The molecular weight excluding hydrogens is 230 g/mol. The molecule has 0 spiro atoms. The Hall–Kier alpha value is 0.580. The number of likely N-dealkylation sites (tertiary alicyclic amines) is 1. The molecule has 0 saturated carbocycles. The van der Waals surface area contributed by atoms with Gasteiger partial charge in [-0.25, -0.2) is 0 Å². The number of rotatable bonds is 2. The van der Waals surface area contributed by atoms with Gasteiger partial charge < -0.3 is 9.84 Å². The first-order valence-corrected chi connectivity index (χ1v) is 7.72. The van der Waals surface area contributed by atoms with Crippen molar-refractivity contribution in [3.63, 3.8) is 0 Å². The summed E-state index contributed by atoms with van der Waals surface area (Å²) in [6, 6.07) is 0.622. The molecule has 2 fully saturated rings. The third-order valence-corrected chi connectivity index (χ3v) is 5.56. The lowest BCUT2D eigenvalue weighted by molar-refractivity contribution is 0.0214. The van der Waals surface area contributed by atoms with Crippen molar-refractivity contribution in [1.29, 1.82) is 0 Å². The van der Waals surface area contributed by atoms with E-state index in [4.69, 9.17) is 4.74 Å². The molecule has 2 atom stereocenters. The molecule has 2 heterocycles. The molecule has 2 aliphatic heterocycles. The number of aliphatic hydroxyl groups excluding tert-OH is 1. The Morgan fingerprint density at radius 3 is 2.40 bits per heavy atom. The maximum absolute atomic E-state index is 9.78. The monoisotopic (exact) mass is 249 g/mol. The van der Waals surface area contributed by atoms with Crippen molar-refractivity contribution in [1.82, 2.24) is 4.90 Å². The molecule has 1 N–H and O–H groups in total. The largest absolute Gasteiger partial charge is 0.389 e. The van der Waals surface area contributed by atoms with E-state index in [1.807, 2.05) is 23.5 Å². The number of aliphatic hydroxyl groups is 1. The van der Waals surface area contributed by atoms with Crippen LogP contribution in [-0.4, -0.2) is 71.5 Å². The van der Waals surface area contributed by atoms with Gasteiger partial charge in [-0.15, -0.1) is 0 Å². The van der Waals surface area contributed by atoms with E-state index in [1.54, 1.807) is 7.11 Å². The number of ether oxygens (including phenoxy) is 1. The molecular formula is C10H19NO2S2. The second-order valence-electron chi connectivity index (χ2n) is 4.10. The first-order chi connectivity index (χ1) is 7.31. The van der Waals surface area contributed by atoms with Crippen molar-refractivity contribution in [3.05, 3.63) is 0 Å². The van der Waals surface area contributed by atoms with Gasteiger partial charge in [0.1, 0.15) is 0 Å². The van der Waals surface area contributed by atoms with Gasteiger partial charge in [0.25, 0.3) is 0 Å². The van der Waals surface area contributed by atoms with Gasteiger partial charge in [-0.1, -0.05) is 0 Å². The fourth-order valence-corrected chi connectivity index (χ4v) is 4.76. The van der Waals surface area contributed by atoms with Crippen molar-refractivity contribution in [2.75, 3.05) is 43.2 Å². The summed E-state index contributed by atoms with van der Waals surface area (Å²) in [6.07, 6.45) is -0.281. The minimum Gasteiger partial charge on any atom is -0.389 e. The normalized spacial score (nSPS) is 35.6. The van der Waals surface area contributed by atoms with E-state index in [-0.39, 0.29) is 12.2 Å². The van der Waals surface area contributed by atoms with Crippen LogP contribution < -0.4 is 0 Å². The van der Waals surface area contributed by atoms with Crippen LogP contribution in [0.15, 0.2) is 0 Å². The highest BCUT2D eigenvalue weighted by atomic mass is 32.2. The van der Waals surface area contributed by atoms with Crippen LogP contribution in [0.4, 0.5) is 0 Å². The van der Waals surface area contributed by atoms with Crippen LogP contribution in [0.5, 0.6) is 0 Å². The van der Waals surface area contributed by atoms with E-state index in [1.165, 1.54) is 23.0 Å². The van der Waals surface area contributed by atoms with Gasteiger partial charge >= 0.3 is 0 Å². The van der Waals surface area contributed by atoms with Crippen LogP contribution >= 0.6 is 23.5 Å². The number of β-amino-alcohol motifs (C(OH)–C–C–N with tert-alkyl or cyclic N) is 1. The molecule has 5 heteroatoms. The second kappa shape index (κ2) is 5.77. The summed E-state index contributed by atoms with van der Waals surface area (Å²) in [6.45, 7) is 1.67. The molecule has 2 rings (SSSR count). The lowest BCUT2D eigenvalue weighted by Crippen LogP contribution is -2.37. The second-order valence-corrected chi connectivity index (χ2v) is 6.40. The van der Waals surface area contributed by atoms with E-state index in [0.717, 1.165) is 13.1 Å². The van der Waals surface area contributed by atoms with Crippen molar-refractivity contribution in [2.45, 2.75) is 18.2 Å². The zero-order chi connectivity index (χ0) is 10.7. The SMILES string of the molecule is CO[C@H]1CN(C2CSCCSC2)C[C@@H]1O. The van der Waals surface area contributed by atoms with Gasteiger partial charge in [-0.05, 0) is 0 Å². The van der Waals surface area contributed by atoms with Gasteiger partial charge in [0.15, 0.2) is 0 Å². The topological polar surface area (TPSA) is 32.7 Å². The fourth-order valence-electron chi connectivity index (χ4n) is 2.13. The minimum atomic E-state index is -0.298. The molecule has 0 aromatic rings. The minimum absolute atomic E-state index is 0.0169. The van der Waals surface area contributed by atoms with Crippen LogP contribution in [0.25, 0.3) is 0 Å². The van der Waals surface area contributed by atoms with Crippen LogP contribution in [-0.2, 0) is 4.74 Å². The van der Waals surface area contributed by atoms with E-state index in [9.17, 15) is 5.11 Å². The van der Waals surface area contributed by atoms with Gasteiger partial charge in [-0.3, -0.25) is 4.90 Å². The van der Waals surface area contributed by atoms with Crippen LogP contribution in [0.2, 0.25) is 0 Å². The Kier molecular flexibility index (Phi) is 4.64. The molecule has 0 radical (unpaired) electrons. The predicted molar refractivity (Wildman–Crippen MR) is 66.8 cm³/mol. The zero-order valence-electron chi connectivity index (χ0n) is 9.09. The van der Waals surface area contributed by atoms with Gasteiger partial charge in [0, 0.05) is 49.3 Å². The molecule has 0 bridgehead atoms. The summed E-state index contributed by atoms with van der Waals surface area (Å²) in [4.78, 5) is 2.39. The zero-order valence-corrected chi connectivity index (χ0v) is 10.7. The lowest BCUT2D eigenvalue weighted by atomic mass is 10.3. The molecule has 0 aliphatic carbocycles. The van der Waals surface area contributed by atoms with Gasteiger partial charge in [0.05, 0.1) is 12.2 Å². The van der Waals surface area contributed by atoms with Crippen molar-refractivity contribution in [3.8, 4) is 0 Å². The molecule has 88 valence electrons. The first-order valence-electron chi connectivity index (χ1n) is 5.41. The number of nitrogens with zero attached hydrogens (tertiary/aromatic N) is 1. The maximum atomic E-state index is 9.78. The quantitative estimate of drug-likeness (QED) is 0.772. The van der Waals surface area contributed by atoms with E-state index in [0.29, 0.717) is 6.04 Å². The van der Waals surface area contributed by atoms with Crippen molar-refractivity contribution in [2.24, 2.45) is 0 Å². The molecule has 3 nitrogen and oxygen atoms in total. The Bertz CT molecular complexity index is 198. The Morgan fingerprint density at radius 2 is 1.87 bits per heavy atom. The summed E-state index contributed by atoms with van der Waals surface area (Å²) in [5.74, 6) is 4.95. The highest BCUT2D eigenvalue weighted by molar-refractivity contribution is 8.03. The molecule has 0 unspecified atom stereocenters. The Balaban J connectivity index is 1.88. The summed E-state index contributed by atoms with van der Waals surface area (Å²) < 4.78 is 5.27. The average molecular weight is 249 g/mol. The summed E-state index contributed by atoms with van der Waals surface area (Å²) >= 11 is 4.07. The Morgan fingerprint density at radius 1 is 1.20 bits per heavy atom. The smallest absolute Gasteiger partial charge is 0.0969 e. The molecule has 0 amide bonds. The van der Waals surface area contributed by atoms with Crippen LogP contribution in [0.3, 0.4) is 0 Å². The molecule has 15 heavy (non-hydrogen) atoms. The molecule has 2 aliphatic rings. The lowest BCUT2D eigenvalue weighted by Gasteiger charge is -2.25. The van der Waals surface area contributed by atoms with E-state index in [2.05, 4.69) is 4.90 Å². The van der Waals surface area contributed by atoms with Crippen molar-refractivity contribution >= 4 is 23.5 Å². The molecule has 0 aromatic heterocycles. The van der Waals surface area contributed by atoms with Gasteiger partial charge in [0.2, 0.25) is 0 Å². The summed E-state index contributed by atoms with van der Waals surface area (Å²) in [7, 11) is 1.69. The number of hydrogen-bond donors (Lipinski definition) is 1. The number of hydrogen-bond acceptors (Lipinski definition) is 5. The summed E-state index contributed by atoms with van der Waals surface area (Å²) in [5, 5.41) is 9.78. The maximum Gasteiger partial charge on any atom is 0.0969 e. The van der Waals surface area contributed by atoms with E-state index < -0.39 is 0 Å². The Labute approximate surface area is 99.9 Å². The summed E-state index contributed by atoms with van der Waals surface area (Å²) in [5.41, 5.74) is 0. The van der Waals surface area contributed by atoms with E-state index >= 15 is 0 Å². The van der Waals surface area contributed by atoms with Crippen molar-refractivity contribution < 1.29 is 9.84 Å². The predicted octanol–water partition coefficient (Wildman–Crippen LogP) is 0.526. The molecule has 0 aromatic carbocycles. The number of thioether (sulfide) groups is 2. The third kappa shape index (κ3) is 3.03. The highest BCUT2D eigenvalue weighted by Gasteiger charge is 2.35. The average Bonchev–Trinajstić information content (AvgIpc) is 2.48. The third-order valence-electron chi connectivity index (χ3n) is 3.08. The van der Waals surface area contributed by atoms with Crippen LogP contribution in [0.1, 0.15) is 0 Å². The van der Waals surface area contributed by atoms with Gasteiger partial charge in [-0.2, -0.15) is 23.5 Å². The van der Waals surface area contributed by atoms with Crippen LogP contribution in [0, 0.1) is 0 Å². The number of methoxy groups -OCH3 is 1. The molecule has 2 saturated heterocycles.